The van der Waals surface area contributed by atoms with Gasteiger partial charge < -0.3 is 14.9 Å². The van der Waals surface area contributed by atoms with E-state index in [2.05, 4.69) is 0 Å². The van der Waals surface area contributed by atoms with Gasteiger partial charge in [0.15, 0.2) is 5.82 Å². The molecule has 0 aliphatic heterocycles. The topological polar surface area (TPSA) is 97.5 Å². The van der Waals surface area contributed by atoms with Gasteiger partial charge in [0, 0.05) is 22.9 Å². The fourth-order valence-corrected chi connectivity index (χ4v) is 4.32. The highest BCUT2D eigenvalue weighted by Gasteiger charge is 2.22. The van der Waals surface area contributed by atoms with Crippen LogP contribution < -0.4 is 0 Å². The summed E-state index contributed by atoms with van der Waals surface area (Å²) in [6.45, 7) is 5.96. The average molecular weight is 518 g/mol. The van der Waals surface area contributed by atoms with Crippen molar-refractivity contribution in [2.24, 2.45) is 0 Å². The van der Waals surface area contributed by atoms with Crippen LogP contribution in [-0.4, -0.2) is 49.8 Å². The van der Waals surface area contributed by atoms with Crippen molar-refractivity contribution in [2.45, 2.75) is 51.7 Å². The van der Waals surface area contributed by atoms with Crippen LogP contribution in [0.25, 0.3) is 34.1 Å². The Morgan fingerprint density at radius 3 is 2.53 bits per heavy atom. The first-order valence-electron chi connectivity index (χ1n) is 12.7. The second kappa shape index (κ2) is 12.1. The van der Waals surface area contributed by atoms with E-state index < -0.39 is 18.2 Å². The molecule has 0 aliphatic carbocycles. The predicted molar refractivity (Wildman–Crippen MR) is 145 cm³/mol. The van der Waals surface area contributed by atoms with Crippen LogP contribution in [0.1, 0.15) is 50.8 Å². The first-order chi connectivity index (χ1) is 18.3. The van der Waals surface area contributed by atoms with E-state index in [1.165, 1.54) is 12.1 Å². The maximum Gasteiger partial charge on any atom is 0.308 e. The lowest BCUT2D eigenvalue weighted by Gasteiger charge is -2.13. The van der Waals surface area contributed by atoms with Gasteiger partial charge >= 0.3 is 5.97 Å². The number of hydrogen-bond acceptors (Lipinski definition) is 6. The fraction of sp³-hybridized carbons (Fsp3) is 0.300. The third-order valence-electron chi connectivity index (χ3n) is 6.12. The number of aliphatic hydroxyl groups excluding tert-OH is 2. The number of rotatable bonds is 10. The lowest BCUT2D eigenvalue weighted by atomic mass is 9.98. The molecule has 2 atom stereocenters. The molecule has 198 valence electrons. The lowest BCUT2D eigenvalue weighted by Crippen LogP contribution is -2.20. The van der Waals surface area contributed by atoms with Crippen LogP contribution in [0.3, 0.4) is 0 Å². The number of aromatic nitrogens is 3. The highest BCUT2D eigenvalue weighted by atomic mass is 19.1. The molecule has 0 fully saturated rings. The van der Waals surface area contributed by atoms with Gasteiger partial charge in [-0.2, -0.15) is 5.10 Å². The molecule has 0 bridgehead atoms. The summed E-state index contributed by atoms with van der Waals surface area (Å²) >= 11 is 0. The number of esters is 1. The Bertz CT molecular complexity index is 1430. The van der Waals surface area contributed by atoms with Gasteiger partial charge in [0.2, 0.25) is 0 Å². The maximum absolute atomic E-state index is 13.8. The van der Waals surface area contributed by atoms with Crippen molar-refractivity contribution in [2.75, 3.05) is 6.61 Å². The van der Waals surface area contributed by atoms with E-state index in [0.29, 0.717) is 11.5 Å². The molecular formula is C30H32FN3O4. The summed E-state index contributed by atoms with van der Waals surface area (Å²) < 4.78 is 20.4. The first kappa shape index (κ1) is 27.2. The molecule has 7 nitrogen and oxygen atoms in total. The van der Waals surface area contributed by atoms with Gasteiger partial charge in [-0.1, -0.05) is 44.2 Å². The Morgan fingerprint density at radius 2 is 1.82 bits per heavy atom. The molecule has 0 aliphatic rings. The van der Waals surface area contributed by atoms with Crippen molar-refractivity contribution in [1.82, 2.24) is 14.8 Å². The molecule has 0 spiro atoms. The Hall–Kier alpha value is -3.88. The number of nitrogens with zero attached hydrogens (tertiary/aromatic N) is 3. The van der Waals surface area contributed by atoms with Crippen LogP contribution >= 0.6 is 0 Å². The standard InChI is InChI=1S/C30H32FN3O4/c1-4-38-28(37)18-24(36)17-23(35)14-15-25-29(19(2)3)33-34(30(25)21-9-12-22(31)13-10-21)27-16-11-20-7-5-6-8-26(20)32-27/h5-16,19,23-24,35-36H,4,17-18H2,1-3H3. The van der Waals surface area contributed by atoms with Gasteiger partial charge in [-0.25, -0.2) is 14.1 Å². The van der Waals surface area contributed by atoms with Crippen LogP contribution in [0.4, 0.5) is 4.39 Å². The third-order valence-corrected chi connectivity index (χ3v) is 6.12. The Labute approximate surface area is 221 Å². The highest BCUT2D eigenvalue weighted by Crippen LogP contribution is 2.34. The monoisotopic (exact) mass is 517 g/mol. The molecule has 4 aromatic rings. The van der Waals surface area contributed by atoms with Crippen LogP contribution in [-0.2, 0) is 9.53 Å². The quantitative estimate of drug-likeness (QED) is 0.272. The normalized spacial score (nSPS) is 13.3. The van der Waals surface area contributed by atoms with E-state index in [-0.39, 0.29) is 31.2 Å². The predicted octanol–water partition coefficient (Wildman–Crippen LogP) is 5.43. The molecule has 2 heterocycles. The van der Waals surface area contributed by atoms with Crippen LogP contribution in [0, 0.1) is 5.82 Å². The molecule has 38 heavy (non-hydrogen) atoms. The van der Waals surface area contributed by atoms with Gasteiger partial charge in [0.05, 0.1) is 42.1 Å². The lowest BCUT2D eigenvalue weighted by molar-refractivity contribution is -0.145. The number of benzene rings is 2. The van der Waals surface area contributed by atoms with E-state index in [1.54, 1.807) is 35.9 Å². The molecule has 0 saturated heterocycles. The minimum atomic E-state index is -1.04. The van der Waals surface area contributed by atoms with Gasteiger partial charge in [-0.3, -0.25) is 4.79 Å². The molecule has 0 radical (unpaired) electrons. The van der Waals surface area contributed by atoms with E-state index in [1.807, 2.05) is 50.2 Å². The minimum Gasteiger partial charge on any atom is -0.466 e. The van der Waals surface area contributed by atoms with Gasteiger partial charge in [0.25, 0.3) is 0 Å². The summed E-state index contributed by atoms with van der Waals surface area (Å²) in [5.41, 5.74) is 3.78. The average Bonchev–Trinajstić information content (AvgIpc) is 3.27. The Morgan fingerprint density at radius 1 is 1.08 bits per heavy atom. The number of carbonyl (C=O) groups excluding carboxylic acids is 1. The Kier molecular flexibility index (Phi) is 8.66. The van der Waals surface area contributed by atoms with Crippen molar-refractivity contribution < 1.29 is 24.1 Å². The zero-order valence-electron chi connectivity index (χ0n) is 21.7. The molecule has 2 unspecified atom stereocenters. The summed E-state index contributed by atoms with van der Waals surface area (Å²) in [4.78, 5) is 16.5. The van der Waals surface area contributed by atoms with Gasteiger partial charge in [-0.15, -0.1) is 0 Å². The molecular weight excluding hydrogens is 485 g/mol. The molecule has 4 rings (SSSR count). The fourth-order valence-electron chi connectivity index (χ4n) is 4.32. The number of hydrogen-bond donors (Lipinski definition) is 2. The maximum atomic E-state index is 13.8. The highest BCUT2D eigenvalue weighted by molar-refractivity contribution is 5.80. The summed E-state index contributed by atoms with van der Waals surface area (Å²) in [5.74, 6) is -0.228. The number of pyridine rings is 1. The molecule has 0 amide bonds. The number of para-hydroxylation sites is 1. The molecule has 2 N–H and O–H groups in total. The zero-order chi connectivity index (χ0) is 27.2. The number of aliphatic hydroxyl groups is 2. The number of carbonyl (C=O) groups is 1. The van der Waals surface area contributed by atoms with Crippen molar-refractivity contribution in [3.05, 3.63) is 83.8 Å². The smallest absolute Gasteiger partial charge is 0.308 e. The largest absolute Gasteiger partial charge is 0.466 e. The molecule has 2 aromatic heterocycles. The molecule has 8 heteroatoms. The van der Waals surface area contributed by atoms with Crippen molar-refractivity contribution in [1.29, 1.82) is 0 Å². The third kappa shape index (κ3) is 6.33. The summed E-state index contributed by atoms with van der Waals surface area (Å²) in [6.07, 6.45) is 1.06. The summed E-state index contributed by atoms with van der Waals surface area (Å²) in [7, 11) is 0. The number of halogens is 1. The number of fused-ring (bicyclic) bond motifs is 1. The summed E-state index contributed by atoms with van der Waals surface area (Å²) in [6, 6.07) is 17.8. The first-order valence-corrected chi connectivity index (χ1v) is 12.7. The second-order valence-corrected chi connectivity index (χ2v) is 9.41. The molecule has 2 aromatic carbocycles. The van der Waals surface area contributed by atoms with Crippen molar-refractivity contribution in [3.8, 4) is 17.1 Å². The second-order valence-electron chi connectivity index (χ2n) is 9.41. The van der Waals surface area contributed by atoms with Crippen molar-refractivity contribution in [3.63, 3.8) is 0 Å². The van der Waals surface area contributed by atoms with Crippen LogP contribution in [0.15, 0.2) is 66.7 Å². The van der Waals surface area contributed by atoms with E-state index in [0.717, 1.165) is 27.7 Å². The molecule has 0 saturated carbocycles. The van der Waals surface area contributed by atoms with Crippen LogP contribution in [0.5, 0.6) is 0 Å². The van der Waals surface area contributed by atoms with Crippen molar-refractivity contribution >= 4 is 22.9 Å². The van der Waals surface area contributed by atoms with E-state index in [4.69, 9.17) is 14.8 Å². The zero-order valence-corrected chi connectivity index (χ0v) is 21.7. The summed E-state index contributed by atoms with van der Waals surface area (Å²) in [5, 5.41) is 26.7. The SMILES string of the molecule is CCOC(=O)CC(O)CC(O)C=Cc1c(C(C)C)nn(-c2ccc3ccccc3n2)c1-c1ccc(F)cc1. The minimum absolute atomic E-state index is 0.0292. The van der Waals surface area contributed by atoms with Gasteiger partial charge in [-0.05, 0) is 55.3 Å². The van der Waals surface area contributed by atoms with Crippen LogP contribution in [0.2, 0.25) is 0 Å². The van der Waals surface area contributed by atoms with E-state index >= 15 is 0 Å². The number of ether oxygens (including phenoxy) is 1. The van der Waals surface area contributed by atoms with Gasteiger partial charge in [0.1, 0.15) is 5.82 Å². The Balaban J connectivity index is 1.76. The van der Waals surface area contributed by atoms with E-state index in [9.17, 15) is 19.4 Å².